The van der Waals surface area contributed by atoms with Crippen molar-refractivity contribution in [2.24, 2.45) is 17.6 Å². The average molecular weight is 475 g/mol. The monoisotopic (exact) mass is 474 g/mol. The fraction of sp³-hybridized carbons (Fsp3) is 0.391. The second-order valence-electron chi connectivity index (χ2n) is 8.39. The summed E-state index contributed by atoms with van der Waals surface area (Å²) >= 11 is 14.3. The number of aliphatic hydroxyl groups is 1. The number of halogens is 2. The highest BCUT2D eigenvalue weighted by Crippen LogP contribution is 2.63. The molecule has 3 unspecified atom stereocenters. The number of aliphatic hydroxyl groups excluding tert-OH is 1. The van der Waals surface area contributed by atoms with Crippen molar-refractivity contribution >= 4 is 40.4 Å². The van der Waals surface area contributed by atoms with E-state index in [1.807, 2.05) is 19.1 Å². The molecule has 1 saturated heterocycles. The predicted molar refractivity (Wildman–Crippen MR) is 127 cm³/mol. The van der Waals surface area contributed by atoms with Crippen molar-refractivity contribution in [2.75, 3.05) is 24.5 Å². The van der Waals surface area contributed by atoms with E-state index in [0.717, 1.165) is 36.6 Å². The standard InChI is InChI=1S/C23H24Cl2N4OS/c1-13-21(15-3-2-4-18(24)20(15)25)28-19(10-30)22(27-13)29-7-5-16-17(9-29)23(16,12-26)14-6-8-31-11-14/h2-4,6,8,11,16-17,30H,5,7,9-10,12,26H2,1H3. The number of aromatic nitrogens is 2. The molecule has 5 nitrogen and oxygen atoms in total. The Hall–Kier alpha value is -1.70. The highest BCUT2D eigenvalue weighted by molar-refractivity contribution is 7.08. The number of hydrogen-bond donors (Lipinski definition) is 2. The first-order valence-corrected chi connectivity index (χ1v) is 12.1. The molecular weight excluding hydrogens is 451 g/mol. The van der Waals surface area contributed by atoms with E-state index >= 15 is 0 Å². The van der Waals surface area contributed by atoms with Crippen molar-refractivity contribution < 1.29 is 5.11 Å². The van der Waals surface area contributed by atoms with Gasteiger partial charge in [0.05, 0.1) is 28.0 Å². The van der Waals surface area contributed by atoms with Crippen LogP contribution in [0.3, 0.4) is 0 Å². The third-order valence-electron chi connectivity index (χ3n) is 7.00. The minimum Gasteiger partial charge on any atom is -0.390 e. The van der Waals surface area contributed by atoms with Crippen LogP contribution in [0.2, 0.25) is 10.0 Å². The first-order chi connectivity index (χ1) is 15.0. The number of aryl methyl sites for hydroxylation is 1. The van der Waals surface area contributed by atoms with Gasteiger partial charge in [-0.3, -0.25) is 0 Å². The molecule has 5 rings (SSSR count). The molecule has 2 aromatic heterocycles. The van der Waals surface area contributed by atoms with E-state index in [-0.39, 0.29) is 12.0 Å². The number of nitrogens with two attached hydrogens (primary N) is 1. The molecule has 3 heterocycles. The van der Waals surface area contributed by atoms with Crippen LogP contribution in [0.25, 0.3) is 11.3 Å². The van der Waals surface area contributed by atoms with Crippen molar-refractivity contribution in [1.82, 2.24) is 9.97 Å². The number of nitrogens with zero attached hydrogens (tertiary/aromatic N) is 3. The summed E-state index contributed by atoms with van der Waals surface area (Å²) in [7, 11) is 0. The maximum atomic E-state index is 10.1. The van der Waals surface area contributed by atoms with Crippen LogP contribution in [0, 0.1) is 18.8 Å². The van der Waals surface area contributed by atoms with Gasteiger partial charge < -0.3 is 15.7 Å². The third-order valence-corrected chi connectivity index (χ3v) is 8.50. The molecule has 1 aromatic carbocycles. The summed E-state index contributed by atoms with van der Waals surface area (Å²) in [6.07, 6.45) is 1.06. The molecule has 3 aromatic rings. The Bertz CT molecular complexity index is 1120. The Morgan fingerprint density at radius 1 is 1.26 bits per heavy atom. The van der Waals surface area contributed by atoms with Crippen LogP contribution < -0.4 is 10.6 Å². The van der Waals surface area contributed by atoms with Gasteiger partial charge in [0.25, 0.3) is 0 Å². The lowest BCUT2D eigenvalue weighted by Gasteiger charge is -2.29. The van der Waals surface area contributed by atoms with E-state index in [0.29, 0.717) is 39.8 Å². The molecule has 31 heavy (non-hydrogen) atoms. The molecule has 1 aliphatic carbocycles. The second kappa shape index (κ2) is 8.01. The maximum absolute atomic E-state index is 10.1. The van der Waals surface area contributed by atoms with Gasteiger partial charge in [0.1, 0.15) is 5.69 Å². The summed E-state index contributed by atoms with van der Waals surface area (Å²) in [6.45, 7) is 4.15. The van der Waals surface area contributed by atoms with Crippen molar-refractivity contribution in [3.63, 3.8) is 0 Å². The zero-order chi connectivity index (χ0) is 21.8. The molecule has 162 valence electrons. The lowest BCUT2D eigenvalue weighted by molar-refractivity contribution is 0.276. The van der Waals surface area contributed by atoms with Crippen LogP contribution in [0.5, 0.6) is 0 Å². The van der Waals surface area contributed by atoms with E-state index in [9.17, 15) is 5.11 Å². The van der Waals surface area contributed by atoms with Crippen LogP contribution in [-0.4, -0.2) is 34.7 Å². The molecule has 2 fully saturated rings. The Balaban J connectivity index is 1.48. The van der Waals surface area contributed by atoms with E-state index < -0.39 is 0 Å². The maximum Gasteiger partial charge on any atom is 0.153 e. The molecule has 0 spiro atoms. The largest absolute Gasteiger partial charge is 0.390 e. The fourth-order valence-corrected chi connectivity index (χ4v) is 6.53. The Kier molecular flexibility index (Phi) is 5.47. The predicted octanol–water partition coefficient (Wildman–Crippen LogP) is 4.67. The number of hydrogen-bond acceptors (Lipinski definition) is 6. The van der Waals surface area contributed by atoms with Gasteiger partial charge in [-0.2, -0.15) is 11.3 Å². The van der Waals surface area contributed by atoms with Gasteiger partial charge in [0.2, 0.25) is 0 Å². The normalized spacial score (nSPS) is 24.9. The summed E-state index contributed by atoms with van der Waals surface area (Å²) < 4.78 is 0. The van der Waals surface area contributed by atoms with Crippen LogP contribution in [0.1, 0.15) is 23.4 Å². The van der Waals surface area contributed by atoms with Gasteiger partial charge in [-0.15, -0.1) is 0 Å². The number of piperidine rings is 1. The summed E-state index contributed by atoms with van der Waals surface area (Å²) in [5.41, 5.74) is 10.4. The van der Waals surface area contributed by atoms with Gasteiger partial charge in [-0.25, -0.2) is 9.97 Å². The number of benzene rings is 1. The smallest absolute Gasteiger partial charge is 0.153 e. The first-order valence-electron chi connectivity index (χ1n) is 10.4. The van der Waals surface area contributed by atoms with E-state index in [2.05, 4.69) is 21.7 Å². The molecule has 8 heteroatoms. The zero-order valence-corrected chi connectivity index (χ0v) is 19.5. The Labute approximate surface area is 195 Å². The van der Waals surface area contributed by atoms with Gasteiger partial charge in [0, 0.05) is 30.6 Å². The topological polar surface area (TPSA) is 75.3 Å². The zero-order valence-electron chi connectivity index (χ0n) is 17.2. The molecule has 0 amide bonds. The lowest BCUT2D eigenvalue weighted by Crippen LogP contribution is -2.34. The van der Waals surface area contributed by atoms with Crippen LogP contribution in [-0.2, 0) is 12.0 Å². The van der Waals surface area contributed by atoms with Crippen molar-refractivity contribution in [2.45, 2.75) is 25.4 Å². The molecular formula is C23H24Cl2N4OS. The summed E-state index contributed by atoms with van der Waals surface area (Å²) in [4.78, 5) is 11.9. The molecule has 1 saturated carbocycles. The van der Waals surface area contributed by atoms with Crippen LogP contribution >= 0.6 is 34.5 Å². The van der Waals surface area contributed by atoms with E-state index in [4.69, 9.17) is 38.9 Å². The van der Waals surface area contributed by atoms with Crippen molar-refractivity contribution in [3.8, 4) is 11.3 Å². The van der Waals surface area contributed by atoms with Gasteiger partial charge in [-0.05, 0) is 53.6 Å². The summed E-state index contributed by atoms with van der Waals surface area (Å²) in [6, 6.07) is 7.67. The second-order valence-corrected chi connectivity index (χ2v) is 9.96. The highest BCUT2D eigenvalue weighted by Gasteiger charge is 2.65. The molecule has 0 bridgehead atoms. The van der Waals surface area contributed by atoms with Crippen LogP contribution in [0.15, 0.2) is 35.0 Å². The summed E-state index contributed by atoms with van der Waals surface area (Å²) in [5.74, 6) is 1.86. The van der Waals surface area contributed by atoms with Gasteiger partial charge in [0.15, 0.2) is 5.82 Å². The lowest BCUT2D eigenvalue weighted by atomic mass is 9.94. The Morgan fingerprint density at radius 2 is 2.10 bits per heavy atom. The fourth-order valence-electron chi connectivity index (χ4n) is 5.39. The van der Waals surface area contributed by atoms with Gasteiger partial charge in [-0.1, -0.05) is 35.3 Å². The average Bonchev–Trinajstić information content (AvgIpc) is 3.11. The molecule has 1 aliphatic heterocycles. The third kappa shape index (κ3) is 3.28. The van der Waals surface area contributed by atoms with Crippen LogP contribution in [0.4, 0.5) is 5.82 Å². The van der Waals surface area contributed by atoms with Crippen molar-refractivity contribution in [1.29, 1.82) is 0 Å². The van der Waals surface area contributed by atoms with Gasteiger partial charge >= 0.3 is 0 Å². The first kappa shape index (κ1) is 21.2. The molecule has 2 aliphatic rings. The highest BCUT2D eigenvalue weighted by atomic mass is 35.5. The number of fused-ring (bicyclic) bond motifs is 1. The molecule has 0 radical (unpaired) electrons. The number of anilines is 1. The quantitative estimate of drug-likeness (QED) is 0.561. The van der Waals surface area contributed by atoms with Crippen molar-refractivity contribution in [3.05, 3.63) is 62.0 Å². The van der Waals surface area contributed by atoms with E-state index in [1.165, 1.54) is 5.56 Å². The number of thiophene rings is 1. The minimum atomic E-state index is -0.190. The summed E-state index contributed by atoms with van der Waals surface area (Å²) in [5, 5.41) is 15.4. The number of rotatable bonds is 5. The van der Waals surface area contributed by atoms with E-state index in [1.54, 1.807) is 17.4 Å². The molecule has 3 atom stereocenters. The SMILES string of the molecule is Cc1nc(N2CCC3C(C2)C3(CN)c2ccsc2)c(CO)nc1-c1cccc(Cl)c1Cl. The molecule has 3 N–H and O–H groups in total. The Morgan fingerprint density at radius 3 is 2.81 bits per heavy atom. The minimum absolute atomic E-state index is 0.0743.